The molecule has 3 rings (SSSR count). The van der Waals surface area contributed by atoms with E-state index in [4.69, 9.17) is 4.42 Å². The average Bonchev–Trinajstić information content (AvgIpc) is 3.26. The monoisotopic (exact) mass is 358 g/mol. The van der Waals surface area contributed by atoms with E-state index in [1.165, 1.54) is 0 Å². The molecule has 0 fully saturated rings. The Kier molecular flexibility index (Phi) is 5.33. The number of nitrogens with zero attached hydrogens (tertiary/aromatic N) is 3. The van der Waals surface area contributed by atoms with Gasteiger partial charge in [0.2, 0.25) is 11.8 Å². The maximum absolute atomic E-state index is 12.1. The molecule has 0 aromatic carbocycles. The van der Waals surface area contributed by atoms with Crippen LogP contribution in [-0.2, 0) is 17.8 Å². The lowest BCUT2D eigenvalue weighted by molar-refractivity contribution is -0.120. The number of thiophene rings is 1. The zero-order valence-corrected chi connectivity index (χ0v) is 15.5. The van der Waals surface area contributed by atoms with Crippen LogP contribution in [0.1, 0.15) is 29.3 Å². The minimum atomic E-state index is -0.0394. The van der Waals surface area contributed by atoms with Crippen molar-refractivity contribution in [3.8, 4) is 10.8 Å². The molecule has 3 aromatic heterocycles. The fraction of sp³-hybridized carbons (Fsp3) is 0.389. The van der Waals surface area contributed by atoms with Crippen LogP contribution in [0.2, 0.25) is 0 Å². The molecule has 0 aliphatic rings. The maximum atomic E-state index is 12.1. The highest BCUT2D eigenvalue weighted by Crippen LogP contribution is 2.25. The number of hydrogen-bond donors (Lipinski definition) is 1. The van der Waals surface area contributed by atoms with Gasteiger partial charge in [-0.05, 0) is 44.7 Å². The molecule has 132 valence electrons. The van der Waals surface area contributed by atoms with Gasteiger partial charge in [-0.3, -0.25) is 9.48 Å². The van der Waals surface area contributed by atoms with Crippen LogP contribution in [0.25, 0.3) is 10.8 Å². The molecule has 1 N–H and O–H groups in total. The van der Waals surface area contributed by atoms with E-state index in [0.29, 0.717) is 23.9 Å². The van der Waals surface area contributed by atoms with Gasteiger partial charge in [-0.25, -0.2) is 4.98 Å². The van der Waals surface area contributed by atoms with Crippen LogP contribution in [0.4, 0.5) is 0 Å². The quantitative estimate of drug-likeness (QED) is 0.658. The molecule has 0 aliphatic carbocycles. The summed E-state index contributed by atoms with van der Waals surface area (Å²) in [5.41, 5.74) is 2.85. The van der Waals surface area contributed by atoms with Gasteiger partial charge < -0.3 is 9.73 Å². The summed E-state index contributed by atoms with van der Waals surface area (Å²) in [6.45, 7) is 7.28. The van der Waals surface area contributed by atoms with E-state index in [2.05, 4.69) is 21.5 Å². The highest BCUT2D eigenvalue weighted by atomic mass is 32.1. The largest absolute Gasteiger partial charge is 0.440 e. The number of rotatable bonds is 7. The average molecular weight is 358 g/mol. The molecule has 0 unspecified atom stereocenters. The summed E-state index contributed by atoms with van der Waals surface area (Å²) < 4.78 is 7.64. The molecule has 0 radical (unpaired) electrons. The summed E-state index contributed by atoms with van der Waals surface area (Å²) in [7, 11) is 0. The third-order valence-corrected chi connectivity index (χ3v) is 4.78. The number of aryl methyl sites for hydroxylation is 4. The lowest BCUT2D eigenvalue weighted by Crippen LogP contribution is -2.27. The molecule has 6 nitrogen and oxygen atoms in total. The summed E-state index contributed by atoms with van der Waals surface area (Å²) in [5, 5.41) is 9.33. The topological polar surface area (TPSA) is 73.0 Å². The van der Waals surface area contributed by atoms with E-state index in [0.717, 1.165) is 29.2 Å². The minimum absolute atomic E-state index is 0.0394. The van der Waals surface area contributed by atoms with Crippen LogP contribution in [0.15, 0.2) is 28.0 Å². The Labute approximate surface area is 150 Å². The molecule has 0 spiro atoms. The van der Waals surface area contributed by atoms with Gasteiger partial charge in [0.15, 0.2) is 0 Å². The van der Waals surface area contributed by atoms with Gasteiger partial charge in [-0.2, -0.15) is 5.10 Å². The van der Waals surface area contributed by atoms with Crippen molar-refractivity contribution in [2.75, 3.05) is 6.54 Å². The Morgan fingerprint density at radius 2 is 2.20 bits per heavy atom. The zero-order valence-electron chi connectivity index (χ0n) is 14.7. The smallest absolute Gasteiger partial charge is 0.236 e. The summed E-state index contributed by atoms with van der Waals surface area (Å²) >= 11 is 1.57. The van der Waals surface area contributed by atoms with Crippen LogP contribution in [0, 0.1) is 20.8 Å². The number of oxazole rings is 1. The molecule has 3 heterocycles. The number of amides is 1. The van der Waals surface area contributed by atoms with Crippen molar-refractivity contribution < 1.29 is 9.21 Å². The number of hydrogen-bond acceptors (Lipinski definition) is 5. The predicted octanol–water partition coefficient (Wildman–Crippen LogP) is 3.27. The summed E-state index contributed by atoms with van der Waals surface area (Å²) in [6, 6.07) is 5.96. The molecule has 1 amide bonds. The maximum Gasteiger partial charge on any atom is 0.236 e. The van der Waals surface area contributed by atoms with Gasteiger partial charge in [0.05, 0.1) is 22.7 Å². The first-order valence-corrected chi connectivity index (χ1v) is 9.19. The Balaban J connectivity index is 1.47. The normalized spacial score (nSPS) is 11.0. The molecule has 7 heteroatoms. The van der Waals surface area contributed by atoms with Crippen LogP contribution in [0.3, 0.4) is 0 Å². The van der Waals surface area contributed by atoms with E-state index in [1.54, 1.807) is 11.3 Å². The summed E-state index contributed by atoms with van der Waals surface area (Å²) in [6.07, 6.45) is 1.08. The zero-order chi connectivity index (χ0) is 17.8. The molecule has 0 atom stereocenters. The van der Waals surface area contributed by atoms with Crippen molar-refractivity contribution in [2.24, 2.45) is 0 Å². The Morgan fingerprint density at radius 3 is 2.88 bits per heavy atom. The van der Waals surface area contributed by atoms with E-state index >= 15 is 0 Å². The summed E-state index contributed by atoms with van der Waals surface area (Å²) in [4.78, 5) is 17.6. The third kappa shape index (κ3) is 4.36. The van der Waals surface area contributed by atoms with Gasteiger partial charge in [0.1, 0.15) is 5.76 Å². The van der Waals surface area contributed by atoms with Gasteiger partial charge in [-0.1, -0.05) is 6.07 Å². The first-order valence-electron chi connectivity index (χ1n) is 8.31. The number of aromatic nitrogens is 3. The first kappa shape index (κ1) is 17.4. The molecule has 0 aliphatic heterocycles. The molecule has 0 bridgehead atoms. The van der Waals surface area contributed by atoms with Gasteiger partial charge in [0.25, 0.3) is 0 Å². The van der Waals surface area contributed by atoms with Crippen LogP contribution in [-0.4, -0.2) is 27.2 Å². The standard InChI is InChI=1S/C18H22N4O2S/c1-12-10-13(2)22(21-12)8-5-7-19-17(23)11-15-14(3)24-18(20-15)16-6-4-9-25-16/h4,6,9-10H,5,7-8,11H2,1-3H3,(H,19,23). The SMILES string of the molecule is Cc1cc(C)n(CCCNC(=O)Cc2nc(-c3cccs3)oc2C)n1. The highest BCUT2D eigenvalue weighted by molar-refractivity contribution is 7.13. The first-order chi connectivity index (χ1) is 12.0. The minimum Gasteiger partial charge on any atom is -0.440 e. The van der Waals surface area contributed by atoms with Crippen LogP contribution in [0.5, 0.6) is 0 Å². The molecule has 0 saturated heterocycles. The van der Waals surface area contributed by atoms with E-state index < -0.39 is 0 Å². The number of nitrogens with one attached hydrogen (secondary N) is 1. The van der Waals surface area contributed by atoms with Crippen LogP contribution >= 0.6 is 11.3 Å². The molecule has 3 aromatic rings. The van der Waals surface area contributed by atoms with Gasteiger partial charge in [0, 0.05) is 18.8 Å². The van der Waals surface area contributed by atoms with Crippen molar-refractivity contribution >= 4 is 17.2 Å². The van der Waals surface area contributed by atoms with Crippen molar-refractivity contribution in [3.05, 3.63) is 46.4 Å². The Morgan fingerprint density at radius 1 is 1.36 bits per heavy atom. The predicted molar refractivity (Wildman–Crippen MR) is 97.6 cm³/mol. The Hall–Kier alpha value is -2.41. The van der Waals surface area contributed by atoms with E-state index in [-0.39, 0.29) is 12.3 Å². The summed E-state index contributed by atoms with van der Waals surface area (Å²) in [5.74, 6) is 1.24. The fourth-order valence-corrected chi connectivity index (χ4v) is 3.32. The second-order valence-corrected chi connectivity index (χ2v) is 6.98. The number of carbonyl (C=O) groups is 1. The third-order valence-electron chi connectivity index (χ3n) is 3.92. The second-order valence-electron chi connectivity index (χ2n) is 6.03. The molecule has 0 saturated carbocycles. The number of carbonyl (C=O) groups excluding carboxylic acids is 1. The van der Waals surface area contributed by atoms with Crippen molar-refractivity contribution in [1.29, 1.82) is 0 Å². The molecule has 25 heavy (non-hydrogen) atoms. The van der Waals surface area contributed by atoms with Crippen molar-refractivity contribution in [1.82, 2.24) is 20.1 Å². The highest BCUT2D eigenvalue weighted by Gasteiger charge is 2.15. The van der Waals surface area contributed by atoms with Crippen molar-refractivity contribution in [3.63, 3.8) is 0 Å². The lowest BCUT2D eigenvalue weighted by Gasteiger charge is -2.06. The molecular formula is C18H22N4O2S. The Bertz CT molecular complexity index is 849. The molecular weight excluding hydrogens is 336 g/mol. The van der Waals surface area contributed by atoms with E-state index in [1.807, 2.05) is 43.0 Å². The second kappa shape index (κ2) is 7.65. The fourth-order valence-electron chi connectivity index (χ4n) is 2.67. The van der Waals surface area contributed by atoms with Crippen LogP contribution < -0.4 is 5.32 Å². The van der Waals surface area contributed by atoms with Gasteiger partial charge in [-0.15, -0.1) is 11.3 Å². The van der Waals surface area contributed by atoms with Crippen molar-refractivity contribution in [2.45, 2.75) is 40.2 Å². The lowest BCUT2D eigenvalue weighted by atomic mass is 10.2. The van der Waals surface area contributed by atoms with Gasteiger partial charge >= 0.3 is 0 Å². The van der Waals surface area contributed by atoms with E-state index in [9.17, 15) is 4.79 Å².